The molecule has 0 radical (unpaired) electrons. The fourth-order valence-electron chi connectivity index (χ4n) is 2.67. The molecule has 2 aromatic rings. The summed E-state index contributed by atoms with van der Waals surface area (Å²) in [5.41, 5.74) is 1.86. The fourth-order valence-corrected chi connectivity index (χ4v) is 2.67. The van der Waals surface area contributed by atoms with Gasteiger partial charge in [0.1, 0.15) is 11.7 Å². The van der Waals surface area contributed by atoms with Crippen molar-refractivity contribution in [1.82, 2.24) is 0 Å². The van der Waals surface area contributed by atoms with Crippen molar-refractivity contribution in [3.63, 3.8) is 0 Å². The molecule has 22 heavy (non-hydrogen) atoms. The fraction of sp³-hybridized carbons (Fsp3) is 0.263. The van der Waals surface area contributed by atoms with Crippen LogP contribution in [0.15, 0.2) is 60.7 Å². The third-order valence-electron chi connectivity index (χ3n) is 3.63. The standard InChI is InChI=1S/C19H20O3/c1-3-22-19(21)17(14(2)20)18(15-10-6-4-7-11-15)16-12-8-5-9-13-16/h4-13,17-18H,3H2,1-2H3. The van der Waals surface area contributed by atoms with E-state index in [1.54, 1.807) is 6.92 Å². The van der Waals surface area contributed by atoms with Gasteiger partial charge in [0, 0.05) is 5.92 Å². The van der Waals surface area contributed by atoms with E-state index in [9.17, 15) is 9.59 Å². The topological polar surface area (TPSA) is 43.4 Å². The summed E-state index contributed by atoms with van der Waals surface area (Å²) in [6.45, 7) is 3.45. The minimum atomic E-state index is -0.829. The number of ketones is 1. The lowest BCUT2D eigenvalue weighted by atomic mass is 9.79. The van der Waals surface area contributed by atoms with Crippen LogP contribution in [0.3, 0.4) is 0 Å². The molecular formula is C19H20O3. The van der Waals surface area contributed by atoms with Crippen LogP contribution in [0.25, 0.3) is 0 Å². The highest BCUT2D eigenvalue weighted by molar-refractivity contribution is 5.99. The molecule has 0 aliphatic heterocycles. The number of esters is 1. The third kappa shape index (κ3) is 3.61. The smallest absolute Gasteiger partial charge is 0.317 e. The van der Waals surface area contributed by atoms with E-state index in [0.717, 1.165) is 11.1 Å². The number of ether oxygens (including phenoxy) is 1. The summed E-state index contributed by atoms with van der Waals surface area (Å²) in [6, 6.07) is 19.2. The van der Waals surface area contributed by atoms with Crippen molar-refractivity contribution in [3.8, 4) is 0 Å². The van der Waals surface area contributed by atoms with Crippen molar-refractivity contribution < 1.29 is 14.3 Å². The maximum atomic E-state index is 12.3. The molecule has 3 heteroatoms. The normalized spacial score (nSPS) is 12.0. The summed E-state index contributed by atoms with van der Waals surface area (Å²) in [7, 11) is 0. The SMILES string of the molecule is CCOC(=O)C(C(C)=O)C(c1ccccc1)c1ccccc1. The number of carbonyl (C=O) groups excluding carboxylic acids is 2. The van der Waals surface area contributed by atoms with Gasteiger partial charge in [0.2, 0.25) is 0 Å². The number of rotatable bonds is 6. The van der Waals surface area contributed by atoms with Crippen LogP contribution < -0.4 is 0 Å². The molecule has 0 aliphatic carbocycles. The van der Waals surface area contributed by atoms with E-state index in [2.05, 4.69) is 0 Å². The molecule has 0 fully saturated rings. The maximum Gasteiger partial charge on any atom is 0.317 e. The van der Waals surface area contributed by atoms with Gasteiger partial charge < -0.3 is 4.74 Å². The van der Waals surface area contributed by atoms with Crippen LogP contribution >= 0.6 is 0 Å². The van der Waals surface area contributed by atoms with Crippen LogP contribution in [0, 0.1) is 5.92 Å². The van der Waals surface area contributed by atoms with Crippen molar-refractivity contribution >= 4 is 11.8 Å². The Morgan fingerprint density at radius 2 is 1.36 bits per heavy atom. The number of hydrogen-bond donors (Lipinski definition) is 0. The molecule has 0 aliphatic rings. The van der Waals surface area contributed by atoms with Gasteiger partial charge in [-0.15, -0.1) is 0 Å². The number of Topliss-reactive ketones (excluding diaryl/α,β-unsaturated/α-hetero) is 1. The Hall–Kier alpha value is -2.42. The lowest BCUT2D eigenvalue weighted by molar-refractivity contribution is -0.151. The van der Waals surface area contributed by atoms with Gasteiger partial charge in [-0.25, -0.2) is 0 Å². The van der Waals surface area contributed by atoms with Crippen LogP contribution in [0.1, 0.15) is 30.9 Å². The summed E-state index contributed by atoms with van der Waals surface area (Å²) in [4.78, 5) is 24.5. The number of benzene rings is 2. The first kappa shape index (κ1) is 16.0. The Morgan fingerprint density at radius 1 is 0.909 bits per heavy atom. The first-order valence-corrected chi connectivity index (χ1v) is 7.42. The van der Waals surface area contributed by atoms with Crippen LogP contribution in [0.4, 0.5) is 0 Å². The molecule has 0 heterocycles. The van der Waals surface area contributed by atoms with Gasteiger partial charge in [-0.05, 0) is 25.0 Å². The van der Waals surface area contributed by atoms with E-state index in [-0.39, 0.29) is 18.3 Å². The van der Waals surface area contributed by atoms with Gasteiger partial charge in [0.05, 0.1) is 6.61 Å². The first-order chi connectivity index (χ1) is 10.6. The van der Waals surface area contributed by atoms with Crippen molar-refractivity contribution in [2.45, 2.75) is 19.8 Å². The largest absolute Gasteiger partial charge is 0.465 e. The van der Waals surface area contributed by atoms with Crippen molar-refractivity contribution in [1.29, 1.82) is 0 Å². The van der Waals surface area contributed by atoms with Crippen molar-refractivity contribution in [2.24, 2.45) is 5.92 Å². The van der Waals surface area contributed by atoms with Crippen LogP contribution in [0.5, 0.6) is 0 Å². The van der Waals surface area contributed by atoms with Crippen molar-refractivity contribution in [2.75, 3.05) is 6.61 Å². The van der Waals surface area contributed by atoms with Gasteiger partial charge in [-0.3, -0.25) is 9.59 Å². The zero-order chi connectivity index (χ0) is 15.9. The summed E-state index contributed by atoms with van der Waals surface area (Å²) in [6.07, 6.45) is 0. The predicted octanol–water partition coefficient (Wildman–Crippen LogP) is 3.59. The molecule has 0 saturated heterocycles. The highest BCUT2D eigenvalue weighted by Crippen LogP contribution is 2.33. The van der Waals surface area contributed by atoms with E-state index in [1.165, 1.54) is 6.92 Å². The molecule has 2 rings (SSSR count). The zero-order valence-corrected chi connectivity index (χ0v) is 12.9. The zero-order valence-electron chi connectivity index (χ0n) is 12.9. The Labute approximate surface area is 130 Å². The van der Waals surface area contributed by atoms with Crippen molar-refractivity contribution in [3.05, 3.63) is 71.8 Å². The summed E-state index contributed by atoms with van der Waals surface area (Å²) in [5, 5.41) is 0. The Bertz CT molecular complexity index is 580. The Balaban J connectivity index is 2.51. The van der Waals surface area contributed by atoms with E-state index < -0.39 is 11.9 Å². The average Bonchev–Trinajstić information content (AvgIpc) is 2.54. The molecule has 0 amide bonds. The molecule has 1 atom stereocenters. The van der Waals surface area contributed by atoms with Gasteiger partial charge >= 0.3 is 5.97 Å². The predicted molar refractivity (Wildman–Crippen MR) is 85.5 cm³/mol. The van der Waals surface area contributed by atoms with E-state index in [4.69, 9.17) is 4.74 Å². The molecule has 0 spiro atoms. The third-order valence-corrected chi connectivity index (χ3v) is 3.63. The van der Waals surface area contributed by atoms with E-state index >= 15 is 0 Å². The molecule has 114 valence electrons. The summed E-state index contributed by atoms with van der Waals surface area (Å²) >= 11 is 0. The van der Waals surface area contributed by atoms with Gasteiger partial charge in [-0.2, -0.15) is 0 Å². The first-order valence-electron chi connectivity index (χ1n) is 7.42. The molecule has 2 aromatic carbocycles. The molecule has 3 nitrogen and oxygen atoms in total. The minimum Gasteiger partial charge on any atom is -0.465 e. The molecular weight excluding hydrogens is 276 g/mol. The highest BCUT2D eigenvalue weighted by atomic mass is 16.5. The number of hydrogen-bond acceptors (Lipinski definition) is 3. The molecule has 0 saturated carbocycles. The average molecular weight is 296 g/mol. The second-order valence-corrected chi connectivity index (χ2v) is 5.14. The van der Waals surface area contributed by atoms with Gasteiger partial charge in [-0.1, -0.05) is 60.7 Å². The van der Waals surface area contributed by atoms with E-state index in [1.807, 2.05) is 60.7 Å². The Morgan fingerprint density at radius 3 is 1.73 bits per heavy atom. The Kier molecular flexibility index (Phi) is 5.48. The highest BCUT2D eigenvalue weighted by Gasteiger charge is 2.35. The second-order valence-electron chi connectivity index (χ2n) is 5.14. The maximum absolute atomic E-state index is 12.3. The van der Waals surface area contributed by atoms with E-state index in [0.29, 0.717) is 0 Å². The quantitative estimate of drug-likeness (QED) is 0.604. The molecule has 0 N–H and O–H groups in total. The monoisotopic (exact) mass is 296 g/mol. The molecule has 1 unspecified atom stereocenters. The lowest BCUT2D eigenvalue weighted by Crippen LogP contribution is -2.31. The van der Waals surface area contributed by atoms with Gasteiger partial charge in [0.25, 0.3) is 0 Å². The number of carbonyl (C=O) groups is 2. The van der Waals surface area contributed by atoms with Crippen LogP contribution in [-0.4, -0.2) is 18.4 Å². The molecule has 0 aromatic heterocycles. The second kappa shape index (κ2) is 7.55. The minimum absolute atomic E-state index is 0.184. The van der Waals surface area contributed by atoms with Crippen LogP contribution in [0.2, 0.25) is 0 Å². The van der Waals surface area contributed by atoms with Gasteiger partial charge in [0.15, 0.2) is 0 Å². The molecule has 0 bridgehead atoms. The summed E-state index contributed by atoms with van der Waals surface area (Å²) < 4.78 is 5.13. The lowest BCUT2D eigenvalue weighted by Gasteiger charge is -2.24. The van der Waals surface area contributed by atoms with Crippen LogP contribution in [-0.2, 0) is 14.3 Å². The summed E-state index contributed by atoms with van der Waals surface area (Å²) in [5.74, 6) is -1.81.